The van der Waals surface area contributed by atoms with Crippen molar-refractivity contribution < 1.29 is 23.6 Å². The Morgan fingerprint density at radius 3 is 2.58 bits per heavy atom. The largest absolute Gasteiger partial charge is 0.455 e. The van der Waals surface area contributed by atoms with Crippen LogP contribution in [0.4, 0.5) is 0 Å². The van der Waals surface area contributed by atoms with Crippen molar-refractivity contribution in [1.82, 2.24) is 10.1 Å². The fourth-order valence-electron chi connectivity index (χ4n) is 2.72. The zero-order valence-electron chi connectivity index (χ0n) is 14.9. The lowest BCUT2D eigenvalue weighted by molar-refractivity contribution is 0.0464. The molecule has 2 amide bonds. The maximum absolute atomic E-state index is 12.5. The van der Waals surface area contributed by atoms with Gasteiger partial charge in [0.1, 0.15) is 18.1 Å². The molecule has 7 heteroatoms. The topological polar surface area (TPSA) is 89.7 Å². The van der Waals surface area contributed by atoms with Crippen LogP contribution in [0, 0.1) is 12.8 Å². The predicted octanol–water partition coefficient (Wildman–Crippen LogP) is 2.98. The molecule has 0 fully saturated rings. The van der Waals surface area contributed by atoms with Crippen molar-refractivity contribution in [2.24, 2.45) is 5.92 Å². The number of nitrogens with zero attached hydrogens (tertiary/aromatic N) is 2. The number of esters is 1. The number of hydrogen-bond donors (Lipinski definition) is 0. The minimum atomic E-state index is -0.589. The molecule has 3 rings (SSSR count). The second-order valence-electron chi connectivity index (χ2n) is 6.71. The van der Waals surface area contributed by atoms with Gasteiger partial charge in [-0.25, -0.2) is 4.79 Å². The Morgan fingerprint density at radius 1 is 1.19 bits per heavy atom. The molecule has 1 aliphatic heterocycles. The number of ether oxygens (including phenoxy) is 1. The van der Waals surface area contributed by atoms with Crippen LogP contribution in [0.15, 0.2) is 28.8 Å². The van der Waals surface area contributed by atoms with Crippen LogP contribution in [0.25, 0.3) is 0 Å². The number of benzene rings is 1. The van der Waals surface area contributed by atoms with E-state index in [0.29, 0.717) is 29.5 Å². The molecule has 0 saturated carbocycles. The average molecular weight is 356 g/mol. The molecule has 26 heavy (non-hydrogen) atoms. The molecule has 2 aromatic rings. The van der Waals surface area contributed by atoms with Gasteiger partial charge in [-0.05, 0) is 37.5 Å². The second kappa shape index (κ2) is 7.11. The van der Waals surface area contributed by atoms with E-state index in [4.69, 9.17) is 9.26 Å². The van der Waals surface area contributed by atoms with Crippen LogP contribution in [-0.2, 0) is 11.3 Å². The van der Waals surface area contributed by atoms with Gasteiger partial charge in [0.25, 0.3) is 11.8 Å². The highest BCUT2D eigenvalue weighted by molar-refractivity contribution is 6.21. The molecule has 0 aliphatic carbocycles. The maximum Gasteiger partial charge on any atom is 0.338 e. The fraction of sp³-hybridized carbons (Fsp3) is 0.368. The lowest BCUT2D eigenvalue weighted by Crippen LogP contribution is -2.31. The van der Waals surface area contributed by atoms with Gasteiger partial charge < -0.3 is 9.26 Å². The number of hydrogen-bond acceptors (Lipinski definition) is 6. The minimum absolute atomic E-state index is 0.0271. The first-order valence-electron chi connectivity index (χ1n) is 8.46. The predicted molar refractivity (Wildman–Crippen MR) is 91.6 cm³/mol. The first-order valence-corrected chi connectivity index (χ1v) is 8.46. The van der Waals surface area contributed by atoms with Crippen molar-refractivity contribution in [3.8, 4) is 0 Å². The van der Waals surface area contributed by atoms with Crippen molar-refractivity contribution in [3.63, 3.8) is 0 Å². The number of imide groups is 1. The fourth-order valence-corrected chi connectivity index (χ4v) is 2.72. The van der Waals surface area contributed by atoms with Crippen LogP contribution in [-0.4, -0.2) is 34.4 Å². The van der Waals surface area contributed by atoms with Crippen molar-refractivity contribution in [1.29, 1.82) is 0 Å². The zero-order chi connectivity index (χ0) is 18.8. The van der Waals surface area contributed by atoms with Crippen LogP contribution >= 0.6 is 0 Å². The third-order valence-electron chi connectivity index (χ3n) is 4.16. The molecule has 1 aliphatic rings. The Labute approximate surface area is 150 Å². The first kappa shape index (κ1) is 17.8. The summed E-state index contributed by atoms with van der Waals surface area (Å²) >= 11 is 0. The molecule has 1 aromatic heterocycles. The summed E-state index contributed by atoms with van der Waals surface area (Å²) in [4.78, 5) is 38.3. The molecule has 7 nitrogen and oxygen atoms in total. The summed E-state index contributed by atoms with van der Waals surface area (Å²) < 4.78 is 10.1. The van der Waals surface area contributed by atoms with Crippen molar-refractivity contribution >= 4 is 17.8 Å². The second-order valence-corrected chi connectivity index (χ2v) is 6.71. The molecule has 0 atom stereocenters. The number of carbonyl (C=O) groups is 3. The molecule has 0 unspecified atom stereocenters. The van der Waals surface area contributed by atoms with E-state index in [2.05, 4.69) is 5.16 Å². The van der Waals surface area contributed by atoms with Gasteiger partial charge in [0.15, 0.2) is 0 Å². The van der Waals surface area contributed by atoms with Crippen molar-refractivity contribution in [3.05, 3.63) is 52.4 Å². The van der Waals surface area contributed by atoms with Crippen LogP contribution in [0.5, 0.6) is 0 Å². The van der Waals surface area contributed by atoms with Gasteiger partial charge in [-0.1, -0.05) is 19.0 Å². The van der Waals surface area contributed by atoms with Gasteiger partial charge in [-0.3, -0.25) is 14.5 Å². The third-order valence-corrected chi connectivity index (χ3v) is 4.16. The van der Waals surface area contributed by atoms with Crippen molar-refractivity contribution in [2.45, 2.75) is 33.8 Å². The van der Waals surface area contributed by atoms with Crippen LogP contribution in [0.1, 0.15) is 62.8 Å². The molecule has 136 valence electrons. The monoisotopic (exact) mass is 356 g/mol. The maximum atomic E-state index is 12.5. The number of amides is 2. The molecular weight excluding hydrogens is 336 g/mol. The van der Waals surface area contributed by atoms with E-state index in [0.717, 1.165) is 6.42 Å². The zero-order valence-corrected chi connectivity index (χ0v) is 14.9. The summed E-state index contributed by atoms with van der Waals surface area (Å²) in [6.45, 7) is 6.15. The van der Waals surface area contributed by atoms with Gasteiger partial charge in [-0.2, -0.15) is 0 Å². The molecule has 2 heterocycles. The molecule has 0 spiro atoms. The van der Waals surface area contributed by atoms with Crippen LogP contribution in [0.3, 0.4) is 0 Å². The number of aryl methyl sites for hydroxylation is 1. The van der Waals surface area contributed by atoms with E-state index < -0.39 is 5.97 Å². The third kappa shape index (κ3) is 3.51. The highest BCUT2D eigenvalue weighted by Gasteiger charge is 2.35. The highest BCUT2D eigenvalue weighted by atomic mass is 16.5. The van der Waals surface area contributed by atoms with Crippen LogP contribution < -0.4 is 0 Å². The quantitative estimate of drug-likeness (QED) is 0.584. The molecular formula is C19H20N2O5. The van der Waals surface area contributed by atoms with E-state index in [1.54, 1.807) is 13.0 Å². The first-order chi connectivity index (χ1) is 12.4. The van der Waals surface area contributed by atoms with Crippen molar-refractivity contribution in [2.75, 3.05) is 6.54 Å². The van der Waals surface area contributed by atoms with E-state index in [1.165, 1.54) is 23.1 Å². The standard InChI is InChI=1S/C19H20N2O5/c1-11(2)6-7-21-17(22)15-5-4-13(9-16(15)18(21)23)19(24)25-10-14-8-12(3)26-20-14/h4-5,8-9,11H,6-7,10H2,1-3H3. The SMILES string of the molecule is Cc1cc(COC(=O)c2ccc3c(c2)C(=O)N(CCC(C)C)C3=O)no1. The van der Waals surface area contributed by atoms with E-state index in [-0.39, 0.29) is 29.5 Å². The number of carbonyl (C=O) groups excluding carboxylic acids is 3. The summed E-state index contributed by atoms with van der Waals surface area (Å²) in [5.74, 6) is -0.269. The Bertz CT molecular complexity index is 869. The number of aromatic nitrogens is 1. The van der Waals surface area contributed by atoms with Gasteiger partial charge in [-0.15, -0.1) is 0 Å². The Hall–Kier alpha value is -2.96. The van der Waals surface area contributed by atoms with E-state index in [9.17, 15) is 14.4 Å². The molecule has 1 aromatic carbocycles. The smallest absolute Gasteiger partial charge is 0.338 e. The van der Waals surface area contributed by atoms with E-state index in [1.807, 2.05) is 13.8 Å². The summed E-state index contributed by atoms with van der Waals surface area (Å²) in [6, 6.07) is 6.08. The Balaban J connectivity index is 1.72. The van der Waals surface area contributed by atoms with Gasteiger partial charge in [0, 0.05) is 12.6 Å². The molecule has 0 radical (unpaired) electrons. The normalized spacial score (nSPS) is 13.5. The summed E-state index contributed by atoms with van der Waals surface area (Å²) in [7, 11) is 0. The highest BCUT2D eigenvalue weighted by Crippen LogP contribution is 2.25. The Kier molecular flexibility index (Phi) is 4.88. The summed E-state index contributed by atoms with van der Waals surface area (Å²) in [6.07, 6.45) is 0.734. The average Bonchev–Trinajstić information content (AvgIpc) is 3.13. The van der Waals surface area contributed by atoms with Gasteiger partial charge in [0.2, 0.25) is 0 Å². The minimum Gasteiger partial charge on any atom is -0.455 e. The lowest BCUT2D eigenvalue weighted by atomic mass is 10.1. The van der Waals surface area contributed by atoms with Gasteiger partial charge >= 0.3 is 5.97 Å². The summed E-state index contributed by atoms with van der Waals surface area (Å²) in [5.41, 5.74) is 1.28. The number of rotatable bonds is 6. The lowest BCUT2D eigenvalue weighted by Gasteiger charge is -2.14. The van der Waals surface area contributed by atoms with Crippen LogP contribution in [0.2, 0.25) is 0 Å². The van der Waals surface area contributed by atoms with E-state index >= 15 is 0 Å². The molecule has 0 N–H and O–H groups in total. The molecule has 0 bridgehead atoms. The number of fused-ring (bicyclic) bond motifs is 1. The Morgan fingerprint density at radius 2 is 1.92 bits per heavy atom. The molecule has 0 saturated heterocycles. The van der Waals surface area contributed by atoms with Gasteiger partial charge in [0.05, 0.1) is 16.7 Å². The summed E-state index contributed by atoms with van der Waals surface area (Å²) in [5, 5.41) is 3.75.